The van der Waals surface area contributed by atoms with E-state index in [1.807, 2.05) is 82.3 Å². The van der Waals surface area contributed by atoms with Crippen LogP contribution < -0.4 is 4.74 Å². The predicted molar refractivity (Wildman–Crippen MR) is 135 cm³/mol. The van der Waals surface area contributed by atoms with E-state index in [2.05, 4.69) is 26.6 Å². The molecule has 0 aliphatic rings. The fourth-order valence-corrected chi connectivity index (χ4v) is 4.01. The highest BCUT2D eigenvalue weighted by atomic mass is 79.9. The highest BCUT2D eigenvalue weighted by Crippen LogP contribution is 2.25. The molecule has 1 heterocycles. The lowest BCUT2D eigenvalue weighted by Crippen LogP contribution is -2.31. The second kappa shape index (κ2) is 11.0. The van der Waals surface area contributed by atoms with Crippen LogP contribution in [0.2, 0.25) is 0 Å². The molecule has 0 fully saturated rings. The van der Waals surface area contributed by atoms with Crippen molar-refractivity contribution in [2.45, 2.75) is 34.3 Å². The van der Waals surface area contributed by atoms with Crippen LogP contribution in [0.4, 0.5) is 0 Å². The Morgan fingerprint density at radius 1 is 1.09 bits per heavy atom. The first-order valence-corrected chi connectivity index (χ1v) is 11.7. The summed E-state index contributed by atoms with van der Waals surface area (Å²) < 4.78 is 9.07. The summed E-state index contributed by atoms with van der Waals surface area (Å²) in [5.74, 6) is 0.556. The SMILES string of the molecule is CCN(CC)C(=O)/C(C#N)=C\c1cc(C)n(-c2ccc(OCc3ccc(Br)cc3)cc2)c1C. The Kier molecular flexibility index (Phi) is 8.13. The number of rotatable bonds is 8. The molecule has 5 nitrogen and oxygen atoms in total. The molecule has 0 saturated carbocycles. The lowest BCUT2D eigenvalue weighted by Gasteiger charge is -2.17. The van der Waals surface area contributed by atoms with Gasteiger partial charge < -0.3 is 14.2 Å². The van der Waals surface area contributed by atoms with Crippen LogP contribution in [-0.2, 0) is 11.4 Å². The topological polar surface area (TPSA) is 58.3 Å². The summed E-state index contributed by atoms with van der Waals surface area (Å²) in [5, 5.41) is 9.57. The lowest BCUT2D eigenvalue weighted by atomic mass is 10.1. The predicted octanol–water partition coefficient (Wildman–Crippen LogP) is 6.21. The second-order valence-corrected chi connectivity index (χ2v) is 8.63. The van der Waals surface area contributed by atoms with Gasteiger partial charge in [-0.3, -0.25) is 4.79 Å². The van der Waals surface area contributed by atoms with Gasteiger partial charge >= 0.3 is 0 Å². The van der Waals surface area contributed by atoms with E-state index in [-0.39, 0.29) is 11.5 Å². The molecule has 0 atom stereocenters. The number of hydrogen-bond donors (Lipinski definition) is 0. The molecule has 0 radical (unpaired) electrons. The number of likely N-dealkylation sites (N-methyl/N-ethyl adjacent to an activating group) is 1. The molecule has 0 bridgehead atoms. The smallest absolute Gasteiger partial charge is 0.264 e. The zero-order valence-electron chi connectivity index (χ0n) is 19.4. The van der Waals surface area contributed by atoms with Gasteiger partial charge in [-0.1, -0.05) is 28.1 Å². The molecule has 3 aromatic rings. The third-order valence-electron chi connectivity index (χ3n) is 5.59. The van der Waals surface area contributed by atoms with Gasteiger partial charge in [0.2, 0.25) is 0 Å². The number of aromatic nitrogens is 1. The Bertz CT molecular complexity index is 1180. The van der Waals surface area contributed by atoms with E-state index in [0.717, 1.165) is 38.4 Å². The van der Waals surface area contributed by atoms with E-state index in [0.29, 0.717) is 19.7 Å². The number of amides is 1. The van der Waals surface area contributed by atoms with Crippen molar-refractivity contribution in [3.05, 3.63) is 87.2 Å². The summed E-state index contributed by atoms with van der Waals surface area (Å²) in [6.45, 7) is 9.48. The fourth-order valence-electron chi connectivity index (χ4n) is 3.75. The van der Waals surface area contributed by atoms with Crippen LogP contribution in [0.15, 0.2) is 64.6 Å². The van der Waals surface area contributed by atoms with Crippen LogP contribution in [0.5, 0.6) is 5.75 Å². The second-order valence-electron chi connectivity index (χ2n) is 7.72. The van der Waals surface area contributed by atoms with Gasteiger partial charge in [0.25, 0.3) is 5.91 Å². The molecule has 1 amide bonds. The van der Waals surface area contributed by atoms with Gasteiger partial charge in [0, 0.05) is 34.6 Å². The van der Waals surface area contributed by atoms with E-state index < -0.39 is 0 Å². The van der Waals surface area contributed by atoms with Crippen molar-refractivity contribution in [3.63, 3.8) is 0 Å². The Balaban J connectivity index is 1.81. The third-order valence-corrected chi connectivity index (χ3v) is 6.11. The van der Waals surface area contributed by atoms with Crippen molar-refractivity contribution in [2.75, 3.05) is 13.1 Å². The maximum atomic E-state index is 12.6. The van der Waals surface area contributed by atoms with E-state index in [4.69, 9.17) is 4.74 Å². The van der Waals surface area contributed by atoms with Gasteiger partial charge in [-0.25, -0.2) is 0 Å². The first kappa shape index (κ1) is 24.3. The first-order chi connectivity index (χ1) is 15.9. The zero-order valence-corrected chi connectivity index (χ0v) is 21.0. The average molecular weight is 506 g/mol. The normalized spacial score (nSPS) is 11.2. The van der Waals surface area contributed by atoms with E-state index in [1.54, 1.807) is 11.0 Å². The molecule has 0 aliphatic carbocycles. The standard InChI is InChI=1S/C27H28BrN3O2/c1-5-30(6-2)27(32)23(17-29)16-22-15-19(3)31(20(22)4)25-11-13-26(14-12-25)33-18-21-7-9-24(28)10-8-21/h7-16H,5-6,18H2,1-4H3/b23-16-. The van der Waals surface area contributed by atoms with Crippen molar-refractivity contribution in [1.82, 2.24) is 9.47 Å². The number of carbonyl (C=O) groups is 1. The monoisotopic (exact) mass is 505 g/mol. The number of benzene rings is 2. The van der Waals surface area contributed by atoms with Crippen molar-refractivity contribution in [1.29, 1.82) is 5.26 Å². The molecular weight excluding hydrogens is 478 g/mol. The number of aryl methyl sites for hydroxylation is 1. The molecular formula is C27H28BrN3O2. The molecule has 170 valence electrons. The molecule has 3 rings (SSSR count). The van der Waals surface area contributed by atoms with E-state index in [1.165, 1.54) is 0 Å². The van der Waals surface area contributed by atoms with Crippen LogP contribution >= 0.6 is 15.9 Å². The maximum Gasteiger partial charge on any atom is 0.264 e. The van der Waals surface area contributed by atoms with Gasteiger partial charge in [0.1, 0.15) is 24.0 Å². The Morgan fingerprint density at radius 2 is 1.73 bits per heavy atom. The summed E-state index contributed by atoms with van der Waals surface area (Å²) in [6.07, 6.45) is 1.69. The highest BCUT2D eigenvalue weighted by molar-refractivity contribution is 9.10. The molecule has 0 unspecified atom stereocenters. The number of halogens is 1. The number of nitriles is 1. The first-order valence-electron chi connectivity index (χ1n) is 11.0. The third kappa shape index (κ3) is 5.74. The largest absolute Gasteiger partial charge is 0.489 e. The molecule has 0 aliphatic heterocycles. The number of carbonyl (C=O) groups excluding carboxylic acids is 1. The van der Waals surface area contributed by atoms with Crippen molar-refractivity contribution >= 4 is 27.9 Å². The van der Waals surface area contributed by atoms with Crippen LogP contribution in [0.3, 0.4) is 0 Å². The number of hydrogen-bond acceptors (Lipinski definition) is 3. The average Bonchev–Trinajstić information content (AvgIpc) is 3.10. The van der Waals surface area contributed by atoms with Gasteiger partial charge in [0.05, 0.1) is 0 Å². The molecule has 0 spiro atoms. The van der Waals surface area contributed by atoms with Gasteiger partial charge in [-0.05, 0) is 87.4 Å². The molecule has 6 heteroatoms. The summed E-state index contributed by atoms with van der Waals surface area (Å²) in [6, 6.07) is 20.1. The quantitative estimate of drug-likeness (QED) is 0.270. The summed E-state index contributed by atoms with van der Waals surface area (Å²) in [4.78, 5) is 14.3. The molecule has 0 N–H and O–H groups in total. The summed E-state index contributed by atoms with van der Waals surface area (Å²) >= 11 is 3.44. The highest BCUT2D eigenvalue weighted by Gasteiger charge is 2.17. The molecule has 33 heavy (non-hydrogen) atoms. The van der Waals surface area contributed by atoms with Crippen molar-refractivity contribution < 1.29 is 9.53 Å². The van der Waals surface area contributed by atoms with Crippen LogP contribution in [0.1, 0.15) is 36.4 Å². The minimum Gasteiger partial charge on any atom is -0.489 e. The molecule has 1 aromatic heterocycles. The van der Waals surface area contributed by atoms with E-state index in [9.17, 15) is 10.1 Å². The summed E-state index contributed by atoms with van der Waals surface area (Å²) in [5.41, 5.74) is 5.10. The van der Waals surface area contributed by atoms with Gasteiger partial charge in [-0.15, -0.1) is 0 Å². The molecule has 2 aromatic carbocycles. The van der Waals surface area contributed by atoms with Gasteiger partial charge in [0.15, 0.2) is 0 Å². The van der Waals surface area contributed by atoms with Crippen LogP contribution in [0.25, 0.3) is 11.8 Å². The summed E-state index contributed by atoms with van der Waals surface area (Å²) in [7, 11) is 0. The number of ether oxygens (including phenoxy) is 1. The maximum absolute atomic E-state index is 12.6. The zero-order chi connectivity index (χ0) is 24.0. The van der Waals surface area contributed by atoms with Crippen LogP contribution in [0, 0.1) is 25.2 Å². The van der Waals surface area contributed by atoms with Gasteiger partial charge in [-0.2, -0.15) is 5.26 Å². The van der Waals surface area contributed by atoms with Crippen molar-refractivity contribution in [3.8, 4) is 17.5 Å². The van der Waals surface area contributed by atoms with E-state index >= 15 is 0 Å². The Labute approximate surface area is 204 Å². The minimum atomic E-state index is -0.237. The van der Waals surface area contributed by atoms with Crippen LogP contribution in [-0.4, -0.2) is 28.5 Å². The minimum absolute atomic E-state index is 0.149. The fraction of sp³-hybridized carbons (Fsp3) is 0.259. The molecule has 0 saturated heterocycles. The van der Waals surface area contributed by atoms with Crippen molar-refractivity contribution in [2.24, 2.45) is 0 Å². The lowest BCUT2D eigenvalue weighted by molar-refractivity contribution is -0.126. The number of nitrogens with zero attached hydrogens (tertiary/aromatic N) is 3. The Hall–Kier alpha value is -3.30. The Morgan fingerprint density at radius 3 is 2.30 bits per heavy atom.